The lowest BCUT2D eigenvalue weighted by Gasteiger charge is -2.34. The van der Waals surface area contributed by atoms with Crippen molar-refractivity contribution in [2.75, 3.05) is 11.9 Å². The van der Waals surface area contributed by atoms with E-state index < -0.39 is 10.0 Å². The van der Waals surface area contributed by atoms with Crippen LogP contribution in [0.4, 0.5) is 5.69 Å². The number of furan rings is 1. The third kappa shape index (κ3) is 3.75. The number of rotatable bonds is 5. The van der Waals surface area contributed by atoms with Crippen LogP contribution in [0.3, 0.4) is 0 Å². The second kappa shape index (κ2) is 8.24. The van der Waals surface area contributed by atoms with Gasteiger partial charge < -0.3 is 9.73 Å². The number of piperidine rings is 1. The molecule has 2 heterocycles. The van der Waals surface area contributed by atoms with Gasteiger partial charge in [0.05, 0.1) is 4.90 Å². The minimum absolute atomic E-state index is 0.0548. The average molecular weight is 427 g/mol. The Morgan fingerprint density at radius 3 is 2.57 bits per heavy atom. The Bertz CT molecular complexity index is 1170. The summed E-state index contributed by atoms with van der Waals surface area (Å²) in [6.07, 6.45) is 3.67. The van der Waals surface area contributed by atoms with Crippen LogP contribution < -0.4 is 5.32 Å². The van der Waals surface area contributed by atoms with Gasteiger partial charge in [-0.2, -0.15) is 4.31 Å². The largest absolute Gasteiger partial charge is 0.451 e. The lowest BCUT2D eigenvalue weighted by atomic mass is 10.0. The van der Waals surface area contributed by atoms with E-state index in [4.69, 9.17) is 4.42 Å². The van der Waals surface area contributed by atoms with E-state index in [1.54, 1.807) is 28.6 Å². The first kappa shape index (κ1) is 20.6. The Kier molecular flexibility index (Phi) is 5.66. The molecule has 158 valence electrons. The lowest BCUT2D eigenvalue weighted by molar-refractivity contribution is 0.0998. The van der Waals surface area contributed by atoms with Crippen molar-refractivity contribution >= 4 is 32.6 Å². The molecular formula is C23H26N2O4S. The smallest absolute Gasteiger partial charge is 0.291 e. The van der Waals surface area contributed by atoms with Crippen LogP contribution in [0.2, 0.25) is 0 Å². The molecule has 30 heavy (non-hydrogen) atoms. The lowest BCUT2D eigenvalue weighted by Crippen LogP contribution is -2.43. The predicted molar refractivity (Wildman–Crippen MR) is 117 cm³/mol. The van der Waals surface area contributed by atoms with Gasteiger partial charge in [0, 0.05) is 29.2 Å². The van der Waals surface area contributed by atoms with E-state index in [9.17, 15) is 13.2 Å². The number of aryl methyl sites for hydroxylation is 1. The molecule has 0 bridgehead atoms. The van der Waals surface area contributed by atoms with E-state index in [2.05, 4.69) is 5.32 Å². The van der Waals surface area contributed by atoms with Crippen molar-refractivity contribution < 1.29 is 17.6 Å². The first-order chi connectivity index (χ1) is 14.4. The van der Waals surface area contributed by atoms with Crippen molar-refractivity contribution in [1.82, 2.24) is 4.31 Å². The first-order valence-corrected chi connectivity index (χ1v) is 11.8. The molecule has 1 N–H and O–H groups in total. The third-order valence-electron chi connectivity index (χ3n) is 5.81. The van der Waals surface area contributed by atoms with Gasteiger partial charge in [-0.25, -0.2) is 8.42 Å². The number of carbonyl (C=O) groups is 1. The van der Waals surface area contributed by atoms with Crippen molar-refractivity contribution in [2.45, 2.75) is 50.5 Å². The molecule has 1 aliphatic heterocycles. The maximum atomic E-state index is 13.1. The Morgan fingerprint density at radius 1 is 1.13 bits per heavy atom. The molecule has 1 amide bonds. The van der Waals surface area contributed by atoms with Crippen molar-refractivity contribution in [2.24, 2.45) is 0 Å². The van der Waals surface area contributed by atoms with Gasteiger partial charge in [0.15, 0.2) is 5.76 Å². The summed E-state index contributed by atoms with van der Waals surface area (Å²) in [5, 5.41) is 3.70. The van der Waals surface area contributed by atoms with Crippen molar-refractivity contribution in [3.05, 3.63) is 59.9 Å². The summed E-state index contributed by atoms with van der Waals surface area (Å²) in [6.45, 7) is 4.43. The molecule has 1 unspecified atom stereocenters. The van der Waals surface area contributed by atoms with Crippen LogP contribution in [-0.4, -0.2) is 31.2 Å². The highest BCUT2D eigenvalue weighted by atomic mass is 32.2. The number of hydrogen-bond acceptors (Lipinski definition) is 4. The topological polar surface area (TPSA) is 79.6 Å². The van der Waals surface area contributed by atoms with Crippen LogP contribution in [0.15, 0.2) is 57.8 Å². The highest BCUT2D eigenvalue weighted by Gasteiger charge is 2.32. The summed E-state index contributed by atoms with van der Waals surface area (Å²) in [4.78, 5) is 12.9. The number of carbonyl (C=O) groups excluding carboxylic acids is 1. The summed E-state index contributed by atoms with van der Waals surface area (Å²) in [6, 6.07) is 13.9. The Morgan fingerprint density at radius 2 is 1.87 bits per heavy atom. The quantitative estimate of drug-likeness (QED) is 0.626. The summed E-state index contributed by atoms with van der Waals surface area (Å²) in [5.74, 6) is -0.103. The standard InChI is InChI=1S/C23H26N2O4S/c1-3-18-8-6-7-15-25(18)30(27,28)19-13-11-17(12-14-19)24-23(26)22-16(2)20-9-4-5-10-21(20)29-22/h4-5,9-14,18H,3,6-8,15H2,1-2H3,(H,24,26). The fourth-order valence-electron chi connectivity index (χ4n) is 4.12. The fourth-order valence-corrected chi connectivity index (χ4v) is 5.89. The maximum absolute atomic E-state index is 13.1. The van der Waals surface area contributed by atoms with Crippen molar-refractivity contribution in [3.63, 3.8) is 0 Å². The average Bonchev–Trinajstić information content (AvgIpc) is 3.11. The number of fused-ring (bicyclic) bond motifs is 1. The van der Waals surface area contributed by atoms with Gasteiger partial charge in [-0.05, 0) is 56.5 Å². The first-order valence-electron chi connectivity index (χ1n) is 10.3. The summed E-state index contributed by atoms with van der Waals surface area (Å²) in [7, 11) is -3.54. The predicted octanol–water partition coefficient (Wildman–Crippen LogP) is 4.95. The van der Waals surface area contributed by atoms with Crippen molar-refractivity contribution in [3.8, 4) is 0 Å². The minimum atomic E-state index is -3.54. The Hall–Kier alpha value is -2.64. The van der Waals surface area contributed by atoms with Gasteiger partial charge in [-0.3, -0.25) is 4.79 Å². The second-order valence-electron chi connectivity index (χ2n) is 7.70. The van der Waals surface area contributed by atoms with E-state index in [0.717, 1.165) is 36.6 Å². The molecule has 6 nitrogen and oxygen atoms in total. The molecule has 1 fully saturated rings. The normalized spacial score (nSPS) is 17.9. The highest BCUT2D eigenvalue weighted by molar-refractivity contribution is 7.89. The molecular weight excluding hydrogens is 400 g/mol. The molecule has 0 aliphatic carbocycles. The second-order valence-corrected chi connectivity index (χ2v) is 9.60. The molecule has 1 aliphatic rings. The zero-order valence-corrected chi connectivity index (χ0v) is 18.0. The van der Waals surface area contributed by atoms with Crippen LogP contribution in [0.5, 0.6) is 0 Å². The molecule has 3 aromatic rings. The zero-order valence-electron chi connectivity index (χ0n) is 17.2. The number of amides is 1. The highest BCUT2D eigenvalue weighted by Crippen LogP contribution is 2.28. The summed E-state index contributed by atoms with van der Waals surface area (Å²) >= 11 is 0. The molecule has 1 atom stereocenters. The Balaban J connectivity index is 1.53. The molecule has 7 heteroatoms. The molecule has 2 aromatic carbocycles. The zero-order chi connectivity index (χ0) is 21.3. The van der Waals surface area contributed by atoms with E-state index in [1.165, 1.54) is 0 Å². The number of nitrogens with zero attached hydrogens (tertiary/aromatic N) is 1. The number of sulfonamides is 1. The van der Waals surface area contributed by atoms with Crippen LogP contribution >= 0.6 is 0 Å². The van der Waals surface area contributed by atoms with E-state index >= 15 is 0 Å². The maximum Gasteiger partial charge on any atom is 0.291 e. The van der Waals surface area contributed by atoms with Crippen LogP contribution in [0, 0.1) is 6.92 Å². The number of nitrogens with one attached hydrogen (secondary N) is 1. The molecule has 0 saturated carbocycles. The monoisotopic (exact) mass is 426 g/mol. The fraction of sp³-hybridized carbons (Fsp3) is 0.348. The van der Waals surface area contributed by atoms with Gasteiger partial charge in [-0.1, -0.05) is 31.5 Å². The molecule has 1 aromatic heterocycles. The number of hydrogen-bond donors (Lipinski definition) is 1. The Labute approximate surface area is 176 Å². The number of benzene rings is 2. The van der Waals surface area contributed by atoms with Crippen molar-refractivity contribution in [1.29, 1.82) is 0 Å². The summed E-state index contributed by atoms with van der Waals surface area (Å²) in [5.41, 5.74) is 1.95. The van der Waals surface area contributed by atoms with Gasteiger partial charge in [0.2, 0.25) is 10.0 Å². The molecule has 0 radical (unpaired) electrons. The van der Waals surface area contributed by atoms with Crippen LogP contribution in [0.25, 0.3) is 11.0 Å². The summed E-state index contributed by atoms with van der Waals surface area (Å²) < 4.78 is 33.5. The SMILES string of the molecule is CCC1CCCCN1S(=O)(=O)c1ccc(NC(=O)c2oc3ccccc3c2C)cc1. The van der Waals surface area contributed by atoms with Gasteiger partial charge in [0.25, 0.3) is 5.91 Å². The molecule has 4 rings (SSSR count). The van der Waals surface area contributed by atoms with Crippen LogP contribution in [0.1, 0.15) is 48.7 Å². The van der Waals surface area contributed by atoms with Gasteiger partial charge >= 0.3 is 0 Å². The molecule has 1 saturated heterocycles. The van der Waals surface area contributed by atoms with Gasteiger partial charge in [-0.15, -0.1) is 0 Å². The number of anilines is 1. The van der Waals surface area contributed by atoms with Gasteiger partial charge in [0.1, 0.15) is 5.58 Å². The minimum Gasteiger partial charge on any atom is -0.451 e. The van der Waals surface area contributed by atoms with E-state index in [1.807, 2.05) is 38.1 Å². The van der Waals surface area contributed by atoms with Crippen LogP contribution in [-0.2, 0) is 10.0 Å². The van der Waals surface area contributed by atoms with E-state index in [0.29, 0.717) is 17.8 Å². The number of para-hydroxylation sites is 1. The third-order valence-corrected chi connectivity index (χ3v) is 7.78. The molecule has 0 spiro atoms. The van der Waals surface area contributed by atoms with E-state index in [-0.39, 0.29) is 22.6 Å².